The number of hydrogen-bond donors (Lipinski definition) is 2. The summed E-state index contributed by atoms with van der Waals surface area (Å²) in [5.74, 6) is 0.862. The van der Waals surface area contributed by atoms with Crippen LogP contribution >= 0.6 is 0 Å². The van der Waals surface area contributed by atoms with Crippen molar-refractivity contribution in [1.82, 2.24) is 5.32 Å². The second-order valence-corrected chi connectivity index (χ2v) is 7.88. The Bertz CT molecular complexity index is 198. The van der Waals surface area contributed by atoms with Gasteiger partial charge in [-0.1, -0.05) is 51.9 Å². The van der Waals surface area contributed by atoms with Crippen molar-refractivity contribution in [1.29, 1.82) is 0 Å². The van der Waals surface area contributed by atoms with E-state index >= 15 is 0 Å². The lowest BCUT2D eigenvalue weighted by Gasteiger charge is -2.45. The highest BCUT2D eigenvalue weighted by Gasteiger charge is 2.35. The molecule has 2 aliphatic rings. The maximum atomic E-state index is 4.50. The van der Waals surface area contributed by atoms with Crippen molar-refractivity contribution in [3.8, 4) is 0 Å². The molecule has 1 aliphatic carbocycles. The average Bonchev–Trinajstić information content (AvgIpc) is 2.59. The van der Waals surface area contributed by atoms with E-state index in [9.17, 15) is 0 Å². The van der Waals surface area contributed by atoms with Crippen molar-refractivity contribution in [2.75, 3.05) is 7.05 Å². The fourth-order valence-electron chi connectivity index (χ4n) is 4.07. The standard InChI is InChI=1S/C10H21N.C7H14.CH5N/c1-8-6-9(2,3)11-10(4,5)7-8;1-2-4-6-7-5-3-1;1-2/h8,11H,6-7H2,1-5H3;1-7H2;2H2,1H3. The quantitative estimate of drug-likeness (QED) is 0.623. The molecule has 0 bridgehead atoms. The molecule has 0 spiro atoms. The zero-order valence-electron chi connectivity index (χ0n) is 15.0. The van der Waals surface area contributed by atoms with Gasteiger partial charge in [0.05, 0.1) is 0 Å². The van der Waals surface area contributed by atoms with Gasteiger partial charge in [0.25, 0.3) is 0 Å². The molecule has 2 nitrogen and oxygen atoms in total. The Kier molecular flexibility index (Phi) is 9.74. The van der Waals surface area contributed by atoms with E-state index in [0.29, 0.717) is 11.1 Å². The first kappa shape index (κ1) is 19.9. The molecule has 0 unspecified atom stereocenters. The Labute approximate surface area is 128 Å². The van der Waals surface area contributed by atoms with Gasteiger partial charge in [-0.15, -0.1) is 0 Å². The molecule has 0 radical (unpaired) electrons. The zero-order valence-corrected chi connectivity index (χ0v) is 15.0. The minimum Gasteiger partial charge on any atom is -0.333 e. The van der Waals surface area contributed by atoms with Crippen LogP contribution in [0.15, 0.2) is 0 Å². The Morgan fingerprint density at radius 2 is 0.950 bits per heavy atom. The molecule has 1 saturated heterocycles. The van der Waals surface area contributed by atoms with Gasteiger partial charge >= 0.3 is 0 Å². The minimum atomic E-state index is 0.334. The van der Waals surface area contributed by atoms with Gasteiger partial charge in [0.1, 0.15) is 0 Å². The lowest BCUT2D eigenvalue weighted by atomic mass is 9.77. The topological polar surface area (TPSA) is 38.0 Å². The third kappa shape index (κ3) is 9.77. The fraction of sp³-hybridized carbons (Fsp3) is 1.00. The number of hydrogen-bond acceptors (Lipinski definition) is 2. The third-order valence-corrected chi connectivity index (χ3v) is 4.14. The normalized spacial score (nSPS) is 25.4. The molecular formula is C18H40N2. The molecule has 122 valence electrons. The largest absolute Gasteiger partial charge is 0.333 e. The Morgan fingerprint density at radius 1 is 0.700 bits per heavy atom. The molecule has 0 atom stereocenters. The molecule has 0 aromatic carbocycles. The van der Waals surface area contributed by atoms with Crippen LogP contribution in [-0.2, 0) is 0 Å². The highest BCUT2D eigenvalue weighted by molar-refractivity contribution is 4.95. The van der Waals surface area contributed by atoms with Crippen LogP contribution in [0.5, 0.6) is 0 Å². The van der Waals surface area contributed by atoms with E-state index in [0.717, 1.165) is 5.92 Å². The Morgan fingerprint density at radius 3 is 1.15 bits per heavy atom. The maximum absolute atomic E-state index is 4.50. The second kappa shape index (κ2) is 9.78. The Balaban J connectivity index is 0.000000345. The van der Waals surface area contributed by atoms with Crippen LogP contribution in [0.3, 0.4) is 0 Å². The summed E-state index contributed by atoms with van der Waals surface area (Å²) in [6.45, 7) is 11.5. The molecule has 3 N–H and O–H groups in total. The molecule has 2 fully saturated rings. The van der Waals surface area contributed by atoms with Crippen molar-refractivity contribution in [3.63, 3.8) is 0 Å². The summed E-state index contributed by atoms with van der Waals surface area (Å²) < 4.78 is 0. The number of rotatable bonds is 0. The van der Waals surface area contributed by atoms with Crippen LogP contribution in [-0.4, -0.2) is 18.1 Å². The number of piperidine rings is 1. The van der Waals surface area contributed by atoms with Crippen LogP contribution in [0, 0.1) is 5.92 Å². The zero-order chi connectivity index (χ0) is 15.6. The second-order valence-electron chi connectivity index (χ2n) is 7.88. The SMILES string of the molecule is C1CCCCCC1.CC1CC(C)(C)NC(C)(C)C1.CN. The van der Waals surface area contributed by atoms with Crippen molar-refractivity contribution < 1.29 is 0 Å². The van der Waals surface area contributed by atoms with E-state index in [1.165, 1.54) is 64.8 Å². The number of nitrogens with two attached hydrogens (primary N) is 1. The van der Waals surface area contributed by atoms with Gasteiger partial charge < -0.3 is 11.1 Å². The summed E-state index contributed by atoms with van der Waals surface area (Å²) in [4.78, 5) is 0. The molecule has 0 aromatic rings. The molecule has 1 aliphatic heterocycles. The van der Waals surface area contributed by atoms with Crippen molar-refractivity contribution in [2.45, 2.75) is 103 Å². The molecule has 1 heterocycles. The molecule has 0 aromatic heterocycles. The Hall–Kier alpha value is -0.0800. The van der Waals surface area contributed by atoms with Gasteiger partial charge in [-0.3, -0.25) is 0 Å². The van der Waals surface area contributed by atoms with Crippen LogP contribution in [0.4, 0.5) is 0 Å². The molecule has 2 heteroatoms. The number of nitrogens with one attached hydrogen (secondary N) is 1. The minimum absolute atomic E-state index is 0.334. The fourth-order valence-corrected chi connectivity index (χ4v) is 4.07. The van der Waals surface area contributed by atoms with Gasteiger partial charge in [-0.25, -0.2) is 0 Å². The molecule has 20 heavy (non-hydrogen) atoms. The lowest BCUT2D eigenvalue weighted by molar-refractivity contribution is 0.138. The monoisotopic (exact) mass is 284 g/mol. The molecule has 1 saturated carbocycles. The predicted octanol–water partition coefficient (Wildman–Crippen LogP) is 4.87. The summed E-state index contributed by atoms with van der Waals surface area (Å²) in [6, 6.07) is 0. The average molecular weight is 285 g/mol. The van der Waals surface area contributed by atoms with Gasteiger partial charge in [0, 0.05) is 11.1 Å². The predicted molar refractivity (Wildman–Crippen MR) is 92.1 cm³/mol. The smallest absolute Gasteiger partial charge is 0.0132 e. The first-order valence-corrected chi connectivity index (χ1v) is 8.68. The third-order valence-electron chi connectivity index (χ3n) is 4.14. The molecule has 0 amide bonds. The maximum Gasteiger partial charge on any atom is 0.0132 e. The highest BCUT2D eigenvalue weighted by Crippen LogP contribution is 2.31. The van der Waals surface area contributed by atoms with Crippen LogP contribution < -0.4 is 11.1 Å². The van der Waals surface area contributed by atoms with E-state index in [4.69, 9.17) is 0 Å². The summed E-state index contributed by atoms with van der Waals surface area (Å²) in [5, 5.41) is 3.66. The molecular weight excluding hydrogens is 244 g/mol. The summed E-state index contributed by atoms with van der Waals surface area (Å²) >= 11 is 0. The van der Waals surface area contributed by atoms with Gasteiger partial charge in [-0.05, 0) is 53.5 Å². The van der Waals surface area contributed by atoms with Crippen molar-refractivity contribution >= 4 is 0 Å². The highest BCUT2D eigenvalue weighted by atomic mass is 15.0. The van der Waals surface area contributed by atoms with E-state index < -0.39 is 0 Å². The first-order valence-electron chi connectivity index (χ1n) is 8.68. The summed E-state index contributed by atoms with van der Waals surface area (Å²) in [5.41, 5.74) is 5.17. The van der Waals surface area contributed by atoms with Gasteiger partial charge in [-0.2, -0.15) is 0 Å². The van der Waals surface area contributed by atoms with Crippen LogP contribution in [0.2, 0.25) is 0 Å². The summed E-state index contributed by atoms with van der Waals surface area (Å²) in [7, 11) is 1.50. The van der Waals surface area contributed by atoms with Crippen molar-refractivity contribution in [2.24, 2.45) is 11.7 Å². The van der Waals surface area contributed by atoms with Gasteiger partial charge in [0.2, 0.25) is 0 Å². The van der Waals surface area contributed by atoms with E-state index in [1.54, 1.807) is 0 Å². The molecule has 2 rings (SSSR count). The van der Waals surface area contributed by atoms with E-state index in [2.05, 4.69) is 45.7 Å². The van der Waals surface area contributed by atoms with Crippen LogP contribution in [0.25, 0.3) is 0 Å². The lowest BCUT2D eigenvalue weighted by Crippen LogP contribution is -2.57. The summed E-state index contributed by atoms with van der Waals surface area (Å²) in [6.07, 6.45) is 13.1. The van der Waals surface area contributed by atoms with Crippen LogP contribution in [0.1, 0.15) is 92.4 Å². The van der Waals surface area contributed by atoms with E-state index in [1.807, 2.05) is 0 Å². The van der Waals surface area contributed by atoms with Crippen molar-refractivity contribution in [3.05, 3.63) is 0 Å². The van der Waals surface area contributed by atoms with E-state index in [-0.39, 0.29) is 0 Å². The first-order chi connectivity index (χ1) is 9.31. The van der Waals surface area contributed by atoms with Gasteiger partial charge in [0.15, 0.2) is 0 Å².